The predicted octanol–water partition coefficient (Wildman–Crippen LogP) is 4.26. The van der Waals surface area contributed by atoms with Gasteiger partial charge in [0.05, 0.1) is 11.6 Å². The second kappa shape index (κ2) is 8.50. The highest BCUT2D eigenvalue weighted by atomic mass is 19.4. The van der Waals surface area contributed by atoms with Gasteiger partial charge in [-0.05, 0) is 43.0 Å². The van der Waals surface area contributed by atoms with Gasteiger partial charge in [0.25, 0.3) is 0 Å². The van der Waals surface area contributed by atoms with Gasteiger partial charge < -0.3 is 15.5 Å². The van der Waals surface area contributed by atoms with E-state index in [1.54, 1.807) is 6.20 Å². The van der Waals surface area contributed by atoms with Crippen LogP contribution in [0.2, 0.25) is 0 Å². The predicted molar refractivity (Wildman–Crippen MR) is 101 cm³/mol. The minimum absolute atomic E-state index is 0.0294. The molecule has 1 unspecified atom stereocenters. The van der Waals surface area contributed by atoms with Crippen LogP contribution in [0.25, 0.3) is 0 Å². The number of alkyl halides is 3. The first kappa shape index (κ1) is 20.0. The van der Waals surface area contributed by atoms with Crippen molar-refractivity contribution in [2.75, 3.05) is 18.0 Å². The maximum Gasteiger partial charge on any atom is 0.416 e. The van der Waals surface area contributed by atoms with Crippen molar-refractivity contribution >= 4 is 11.8 Å². The summed E-state index contributed by atoms with van der Waals surface area (Å²) in [5.74, 6) is 0.920. The topological polar surface area (TPSA) is 57.3 Å². The highest BCUT2D eigenvalue weighted by Crippen LogP contribution is 2.34. The van der Waals surface area contributed by atoms with Crippen molar-refractivity contribution in [3.05, 3.63) is 59.3 Å². The second-order valence-corrected chi connectivity index (χ2v) is 6.85. The fraction of sp³-hybridized carbons (Fsp3) is 0.400. The largest absolute Gasteiger partial charge is 0.416 e. The molecule has 1 fully saturated rings. The van der Waals surface area contributed by atoms with Crippen LogP contribution in [0.3, 0.4) is 0 Å². The van der Waals surface area contributed by atoms with Gasteiger partial charge in [0, 0.05) is 25.8 Å². The van der Waals surface area contributed by atoms with Crippen LogP contribution in [0.5, 0.6) is 0 Å². The average molecular weight is 392 g/mol. The summed E-state index contributed by atoms with van der Waals surface area (Å²) in [6.07, 6.45) is -0.427. The number of hydrogen-bond acceptors (Lipinski definition) is 3. The fourth-order valence-electron chi connectivity index (χ4n) is 3.30. The molecule has 2 heterocycles. The molecule has 5 nitrogen and oxygen atoms in total. The van der Waals surface area contributed by atoms with Gasteiger partial charge in [-0.2, -0.15) is 13.2 Å². The van der Waals surface area contributed by atoms with Gasteiger partial charge in [-0.15, -0.1) is 0 Å². The standard InChI is InChI=1S/C20H23F3N4O/c1-14(16-6-2-3-7-17(16)20(21,22)23)26-19(28)25-13-15-8-9-18(24-12-15)27-10-4-5-11-27/h2-3,6-9,12,14H,4-5,10-11,13H2,1H3,(H2,25,26,28). The average Bonchev–Trinajstić information content (AvgIpc) is 3.21. The second-order valence-electron chi connectivity index (χ2n) is 6.85. The van der Waals surface area contributed by atoms with E-state index < -0.39 is 23.8 Å². The number of anilines is 1. The summed E-state index contributed by atoms with van der Waals surface area (Å²) >= 11 is 0. The van der Waals surface area contributed by atoms with Crippen LogP contribution in [-0.2, 0) is 12.7 Å². The Hall–Kier alpha value is -2.77. The summed E-state index contributed by atoms with van der Waals surface area (Å²) in [7, 11) is 0. The molecule has 0 spiro atoms. The number of urea groups is 1. The highest BCUT2D eigenvalue weighted by Gasteiger charge is 2.34. The molecule has 150 valence electrons. The van der Waals surface area contributed by atoms with Crippen LogP contribution >= 0.6 is 0 Å². The molecule has 1 aromatic heterocycles. The Morgan fingerprint density at radius 2 is 1.89 bits per heavy atom. The molecular weight excluding hydrogens is 369 g/mol. The first-order valence-electron chi connectivity index (χ1n) is 9.25. The maximum absolute atomic E-state index is 13.1. The quantitative estimate of drug-likeness (QED) is 0.799. The molecule has 0 aliphatic carbocycles. The minimum Gasteiger partial charge on any atom is -0.357 e. The van der Waals surface area contributed by atoms with Crippen LogP contribution in [0.4, 0.5) is 23.8 Å². The molecule has 0 radical (unpaired) electrons. The molecule has 1 aliphatic heterocycles. The number of nitrogens with zero attached hydrogens (tertiary/aromatic N) is 2. The summed E-state index contributed by atoms with van der Waals surface area (Å²) in [5.41, 5.74) is 0.104. The summed E-state index contributed by atoms with van der Waals surface area (Å²) < 4.78 is 39.4. The first-order valence-corrected chi connectivity index (χ1v) is 9.25. The monoisotopic (exact) mass is 392 g/mol. The third-order valence-electron chi connectivity index (χ3n) is 4.77. The van der Waals surface area contributed by atoms with E-state index in [1.165, 1.54) is 38.0 Å². The normalized spacial score (nSPS) is 15.4. The van der Waals surface area contributed by atoms with E-state index in [2.05, 4.69) is 20.5 Å². The smallest absolute Gasteiger partial charge is 0.357 e. The number of halogens is 3. The number of rotatable bonds is 5. The molecule has 8 heteroatoms. The Morgan fingerprint density at radius 1 is 1.18 bits per heavy atom. The van der Waals surface area contributed by atoms with Gasteiger partial charge in [0.2, 0.25) is 0 Å². The Morgan fingerprint density at radius 3 is 2.54 bits per heavy atom. The van der Waals surface area contributed by atoms with E-state index in [1.807, 2.05) is 12.1 Å². The lowest BCUT2D eigenvalue weighted by Gasteiger charge is -2.20. The SMILES string of the molecule is CC(NC(=O)NCc1ccc(N2CCCC2)nc1)c1ccccc1C(F)(F)F. The molecule has 2 amide bonds. The number of aromatic nitrogens is 1. The summed E-state index contributed by atoms with van der Waals surface area (Å²) in [5, 5.41) is 5.22. The van der Waals surface area contributed by atoms with Crippen molar-refractivity contribution < 1.29 is 18.0 Å². The number of benzene rings is 1. The van der Waals surface area contributed by atoms with Crippen molar-refractivity contribution in [3.63, 3.8) is 0 Å². The summed E-state index contributed by atoms with van der Waals surface area (Å²) in [6.45, 7) is 3.78. The Balaban J connectivity index is 1.54. The molecular formula is C20H23F3N4O. The lowest BCUT2D eigenvalue weighted by atomic mass is 10.0. The van der Waals surface area contributed by atoms with E-state index in [0.717, 1.165) is 30.5 Å². The van der Waals surface area contributed by atoms with Crippen molar-refractivity contribution in [1.82, 2.24) is 15.6 Å². The van der Waals surface area contributed by atoms with E-state index in [0.29, 0.717) is 0 Å². The van der Waals surface area contributed by atoms with Crippen molar-refractivity contribution in [2.45, 2.75) is 38.5 Å². The van der Waals surface area contributed by atoms with Gasteiger partial charge in [-0.25, -0.2) is 9.78 Å². The Bertz CT molecular complexity index is 802. The maximum atomic E-state index is 13.1. The summed E-state index contributed by atoms with van der Waals surface area (Å²) in [4.78, 5) is 18.7. The van der Waals surface area contributed by atoms with Gasteiger partial charge in [0.15, 0.2) is 0 Å². The van der Waals surface area contributed by atoms with Crippen LogP contribution in [0, 0.1) is 0 Å². The number of nitrogens with one attached hydrogen (secondary N) is 2. The van der Waals surface area contributed by atoms with Crippen LogP contribution in [0.15, 0.2) is 42.6 Å². The van der Waals surface area contributed by atoms with E-state index in [-0.39, 0.29) is 12.1 Å². The van der Waals surface area contributed by atoms with Crippen molar-refractivity contribution in [2.24, 2.45) is 0 Å². The molecule has 3 rings (SSSR count). The number of amides is 2. The van der Waals surface area contributed by atoms with Crippen LogP contribution in [0.1, 0.15) is 42.5 Å². The summed E-state index contributed by atoms with van der Waals surface area (Å²) in [6, 6.07) is 7.73. The van der Waals surface area contributed by atoms with Crippen LogP contribution < -0.4 is 15.5 Å². The lowest BCUT2D eigenvalue weighted by Crippen LogP contribution is -2.37. The van der Waals surface area contributed by atoms with Gasteiger partial charge in [0.1, 0.15) is 5.82 Å². The highest BCUT2D eigenvalue weighted by molar-refractivity contribution is 5.74. The molecule has 0 bridgehead atoms. The molecule has 2 aromatic rings. The van der Waals surface area contributed by atoms with Gasteiger partial charge >= 0.3 is 12.2 Å². The molecule has 0 saturated carbocycles. The zero-order valence-corrected chi connectivity index (χ0v) is 15.6. The van der Waals surface area contributed by atoms with Crippen molar-refractivity contribution in [1.29, 1.82) is 0 Å². The lowest BCUT2D eigenvalue weighted by molar-refractivity contribution is -0.138. The van der Waals surface area contributed by atoms with Gasteiger partial charge in [-0.1, -0.05) is 24.3 Å². The third-order valence-corrected chi connectivity index (χ3v) is 4.77. The number of carbonyl (C=O) groups excluding carboxylic acids is 1. The van der Waals surface area contributed by atoms with E-state index in [9.17, 15) is 18.0 Å². The van der Waals surface area contributed by atoms with Gasteiger partial charge in [-0.3, -0.25) is 0 Å². The number of pyridine rings is 1. The molecule has 1 atom stereocenters. The Labute approximate surface area is 162 Å². The first-order chi connectivity index (χ1) is 13.3. The van der Waals surface area contributed by atoms with Crippen LogP contribution in [-0.4, -0.2) is 24.1 Å². The number of hydrogen-bond donors (Lipinski definition) is 2. The molecule has 1 aliphatic rings. The zero-order chi connectivity index (χ0) is 20.1. The number of carbonyl (C=O) groups is 1. The molecule has 28 heavy (non-hydrogen) atoms. The van der Waals surface area contributed by atoms with E-state index >= 15 is 0 Å². The zero-order valence-electron chi connectivity index (χ0n) is 15.6. The minimum atomic E-state index is -4.47. The van der Waals surface area contributed by atoms with Crippen molar-refractivity contribution in [3.8, 4) is 0 Å². The Kier molecular flexibility index (Phi) is 6.06. The molecule has 1 aromatic carbocycles. The molecule has 1 saturated heterocycles. The molecule has 2 N–H and O–H groups in total. The fourth-order valence-corrected chi connectivity index (χ4v) is 3.30. The third kappa shape index (κ3) is 4.94. The van der Waals surface area contributed by atoms with E-state index in [4.69, 9.17) is 0 Å².